The minimum Gasteiger partial charge on any atom is -0.294 e. The van der Waals surface area contributed by atoms with Crippen LogP contribution in [0.25, 0.3) is 0 Å². The van der Waals surface area contributed by atoms with Crippen LogP contribution in [-0.4, -0.2) is 36.6 Å². The van der Waals surface area contributed by atoms with E-state index in [4.69, 9.17) is 28.3 Å². The van der Waals surface area contributed by atoms with Gasteiger partial charge in [-0.1, -0.05) is 23.2 Å². The van der Waals surface area contributed by atoms with Crippen molar-refractivity contribution in [2.24, 2.45) is 11.1 Å². The van der Waals surface area contributed by atoms with Crippen LogP contribution >= 0.6 is 23.2 Å². The fourth-order valence-corrected chi connectivity index (χ4v) is 3.25. The Morgan fingerprint density at radius 3 is 2.74 bits per heavy atom. The summed E-state index contributed by atoms with van der Waals surface area (Å²) in [5.74, 6) is -0.732. The molecule has 1 amide bonds. The Labute approximate surface area is 119 Å². The number of primary sulfonamides is 1. The van der Waals surface area contributed by atoms with Crippen LogP contribution in [0.2, 0.25) is 10.3 Å². The Balaban J connectivity index is 2.20. The molecule has 2 heterocycles. The average Bonchev–Trinajstić information content (AvgIpc) is 2.56. The molecular weight excluding hydrogens is 315 g/mol. The van der Waals surface area contributed by atoms with Gasteiger partial charge >= 0.3 is 0 Å². The number of sulfonamides is 1. The zero-order chi connectivity index (χ0) is 14.2. The molecule has 2 rings (SSSR count). The van der Waals surface area contributed by atoms with E-state index in [1.807, 2.05) is 0 Å². The average molecular weight is 325 g/mol. The standard InChI is InChI=1S/C9H10Cl2N4O3S/c10-6-2-13-9(8(11)14-6)15-3-5(1-7(15)16)4-19(12,17)18/h2,5H,1,3-4H2,(H2,12,17,18). The second kappa shape index (κ2) is 5.20. The molecule has 0 aliphatic carbocycles. The zero-order valence-electron chi connectivity index (χ0n) is 9.58. The first kappa shape index (κ1) is 14.4. The predicted molar refractivity (Wildman–Crippen MR) is 70.5 cm³/mol. The number of aromatic nitrogens is 2. The number of hydrogen-bond donors (Lipinski definition) is 1. The summed E-state index contributed by atoms with van der Waals surface area (Å²) < 4.78 is 22.1. The Morgan fingerprint density at radius 2 is 2.16 bits per heavy atom. The summed E-state index contributed by atoms with van der Waals surface area (Å²) in [6.07, 6.45) is 1.35. The maximum absolute atomic E-state index is 11.8. The van der Waals surface area contributed by atoms with Gasteiger partial charge in [0.1, 0.15) is 5.15 Å². The number of anilines is 1. The van der Waals surface area contributed by atoms with Gasteiger partial charge in [-0.3, -0.25) is 9.69 Å². The highest BCUT2D eigenvalue weighted by Crippen LogP contribution is 2.29. The smallest absolute Gasteiger partial charge is 0.228 e. The van der Waals surface area contributed by atoms with E-state index in [2.05, 4.69) is 9.97 Å². The second-order valence-electron chi connectivity index (χ2n) is 4.21. The first-order valence-corrected chi connectivity index (χ1v) is 7.72. The molecule has 0 aromatic carbocycles. The van der Waals surface area contributed by atoms with E-state index in [0.29, 0.717) is 0 Å². The minimum absolute atomic E-state index is 0.00268. The molecule has 1 aliphatic rings. The van der Waals surface area contributed by atoms with Crippen LogP contribution in [-0.2, 0) is 14.8 Å². The van der Waals surface area contributed by atoms with Crippen LogP contribution in [0.5, 0.6) is 0 Å². The zero-order valence-corrected chi connectivity index (χ0v) is 11.9. The van der Waals surface area contributed by atoms with E-state index in [1.54, 1.807) is 0 Å². The number of rotatable bonds is 3. The number of nitrogens with two attached hydrogens (primary N) is 1. The highest BCUT2D eigenvalue weighted by molar-refractivity contribution is 7.89. The van der Waals surface area contributed by atoms with Crippen molar-refractivity contribution in [1.29, 1.82) is 0 Å². The lowest BCUT2D eigenvalue weighted by atomic mass is 10.1. The molecule has 7 nitrogen and oxygen atoms in total. The summed E-state index contributed by atoms with van der Waals surface area (Å²) in [6, 6.07) is 0. The molecule has 0 spiro atoms. The summed E-state index contributed by atoms with van der Waals surface area (Å²) in [7, 11) is -3.62. The highest BCUT2D eigenvalue weighted by Gasteiger charge is 2.34. The van der Waals surface area contributed by atoms with Crippen LogP contribution < -0.4 is 10.0 Å². The molecule has 1 fully saturated rings. The van der Waals surface area contributed by atoms with Crippen molar-refractivity contribution in [2.45, 2.75) is 6.42 Å². The van der Waals surface area contributed by atoms with Crippen molar-refractivity contribution in [1.82, 2.24) is 9.97 Å². The molecule has 1 saturated heterocycles. The molecule has 1 aliphatic heterocycles. The third-order valence-corrected chi connectivity index (χ3v) is 3.98. The molecule has 19 heavy (non-hydrogen) atoms. The maximum atomic E-state index is 11.8. The molecular formula is C9H10Cl2N4O3S. The number of amides is 1. The molecule has 1 aromatic rings. The van der Waals surface area contributed by atoms with Crippen LogP contribution in [0.15, 0.2) is 6.20 Å². The number of hydrogen-bond acceptors (Lipinski definition) is 5. The quantitative estimate of drug-likeness (QED) is 0.867. The molecule has 0 radical (unpaired) electrons. The SMILES string of the molecule is NS(=O)(=O)CC1CC(=O)N(c2ncc(Cl)nc2Cl)C1. The van der Waals surface area contributed by atoms with Crippen molar-refractivity contribution < 1.29 is 13.2 Å². The van der Waals surface area contributed by atoms with Gasteiger partial charge in [0.15, 0.2) is 11.0 Å². The number of nitrogens with zero attached hydrogens (tertiary/aromatic N) is 3. The molecule has 10 heteroatoms. The van der Waals surface area contributed by atoms with Crippen LogP contribution in [0.3, 0.4) is 0 Å². The van der Waals surface area contributed by atoms with Gasteiger partial charge in [-0.15, -0.1) is 0 Å². The molecule has 0 saturated carbocycles. The Bertz CT molecular complexity index is 622. The third-order valence-electron chi connectivity index (χ3n) is 2.61. The van der Waals surface area contributed by atoms with Crippen molar-refractivity contribution >= 4 is 45.0 Å². The van der Waals surface area contributed by atoms with E-state index in [-0.39, 0.29) is 46.7 Å². The van der Waals surface area contributed by atoms with Gasteiger partial charge in [0.2, 0.25) is 15.9 Å². The largest absolute Gasteiger partial charge is 0.294 e. The van der Waals surface area contributed by atoms with E-state index >= 15 is 0 Å². The summed E-state index contributed by atoms with van der Waals surface area (Å²) in [5.41, 5.74) is 0. The van der Waals surface area contributed by atoms with Crippen molar-refractivity contribution in [3.05, 3.63) is 16.5 Å². The molecule has 0 bridgehead atoms. The van der Waals surface area contributed by atoms with Gasteiger partial charge in [0, 0.05) is 18.9 Å². The Hall–Kier alpha value is -0.960. The summed E-state index contributed by atoms with van der Waals surface area (Å²) in [6.45, 7) is 0.186. The summed E-state index contributed by atoms with van der Waals surface area (Å²) >= 11 is 11.5. The van der Waals surface area contributed by atoms with Crippen molar-refractivity contribution in [3.63, 3.8) is 0 Å². The second-order valence-corrected chi connectivity index (χ2v) is 6.62. The van der Waals surface area contributed by atoms with Gasteiger partial charge in [-0.2, -0.15) is 0 Å². The van der Waals surface area contributed by atoms with Crippen LogP contribution in [0.4, 0.5) is 5.82 Å². The van der Waals surface area contributed by atoms with Gasteiger partial charge in [0.25, 0.3) is 0 Å². The monoisotopic (exact) mass is 324 g/mol. The Kier molecular flexibility index (Phi) is 3.95. The minimum atomic E-state index is -3.62. The lowest BCUT2D eigenvalue weighted by Gasteiger charge is -2.16. The molecule has 1 atom stereocenters. The summed E-state index contributed by atoms with van der Waals surface area (Å²) in [4.78, 5) is 20.9. The normalized spacial score (nSPS) is 20.1. The lowest BCUT2D eigenvalue weighted by Crippen LogP contribution is -2.28. The topological polar surface area (TPSA) is 106 Å². The maximum Gasteiger partial charge on any atom is 0.228 e. The van der Waals surface area contributed by atoms with Gasteiger partial charge in [-0.05, 0) is 0 Å². The fourth-order valence-electron chi connectivity index (χ4n) is 1.95. The lowest BCUT2D eigenvalue weighted by molar-refractivity contribution is -0.117. The van der Waals surface area contributed by atoms with Crippen molar-refractivity contribution in [2.75, 3.05) is 17.2 Å². The van der Waals surface area contributed by atoms with E-state index < -0.39 is 10.0 Å². The van der Waals surface area contributed by atoms with Crippen LogP contribution in [0.1, 0.15) is 6.42 Å². The first-order valence-electron chi connectivity index (χ1n) is 5.25. The first-order chi connectivity index (χ1) is 8.76. The third kappa shape index (κ3) is 3.53. The molecule has 104 valence electrons. The van der Waals surface area contributed by atoms with Crippen molar-refractivity contribution in [3.8, 4) is 0 Å². The fraction of sp³-hybridized carbons (Fsp3) is 0.444. The van der Waals surface area contributed by atoms with Gasteiger partial charge < -0.3 is 0 Å². The van der Waals surface area contributed by atoms with E-state index in [1.165, 1.54) is 11.1 Å². The highest BCUT2D eigenvalue weighted by atomic mass is 35.5. The number of halogens is 2. The van der Waals surface area contributed by atoms with Gasteiger partial charge in [-0.25, -0.2) is 23.5 Å². The van der Waals surface area contributed by atoms with E-state index in [0.717, 1.165) is 0 Å². The molecule has 1 unspecified atom stereocenters. The molecule has 1 aromatic heterocycles. The van der Waals surface area contributed by atoms with Gasteiger partial charge in [0.05, 0.1) is 11.9 Å². The predicted octanol–water partition coefficient (Wildman–Crippen LogP) is 0.425. The van der Waals surface area contributed by atoms with E-state index in [9.17, 15) is 13.2 Å². The van der Waals surface area contributed by atoms with Crippen LogP contribution in [0, 0.1) is 5.92 Å². The summed E-state index contributed by atoms with van der Waals surface area (Å²) in [5, 5.41) is 5.08. The Morgan fingerprint density at radius 1 is 1.47 bits per heavy atom. The number of carbonyl (C=O) groups excluding carboxylic acids is 1. The molecule has 2 N–H and O–H groups in total. The number of carbonyl (C=O) groups is 1.